The molecule has 0 aromatic heterocycles. The molecule has 4 heteroatoms. The lowest BCUT2D eigenvalue weighted by Gasteiger charge is -2.26. The normalized spacial score (nSPS) is 19.8. The largest absolute Gasteiger partial charge is 0.379 e. The molecule has 0 radical (unpaired) electrons. The van der Waals surface area contributed by atoms with Crippen molar-refractivity contribution in [1.82, 2.24) is 0 Å². The van der Waals surface area contributed by atoms with Gasteiger partial charge in [-0.1, -0.05) is 15.9 Å². The van der Waals surface area contributed by atoms with Gasteiger partial charge in [0.05, 0.1) is 12.6 Å². The lowest BCUT2D eigenvalue weighted by molar-refractivity contribution is 0.112. The Morgan fingerprint density at radius 1 is 1.56 bits per heavy atom. The van der Waals surface area contributed by atoms with Crippen molar-refractivity contribution in [2.24, 2.45) is 0 Å². The van der Waals surface area contributed by atoms with Crippen LogP contribution in [0.4, 0.5) is 5.69 Å². The first-order valence-corrected chi connectivity index (χ1v) is 6.07. The second-order valence-electron chi connectivity index (χ2n) is 3.95. The predicted molar refractivity (Wildman–Crippen MR) is 67.2 cm³/mol. The maximum Gasteiger partial charge on any atom is 0.152 e. The summed E-state index contributed by atoms with van der Waals surface area (Å²) in [5.74, 6) is 0. The molecule has 2 rings (SSSR count). The number of hydrogen-bond acceptors (Lipinski definition) is 3. The van der Waals surface area contributed by atoms with Crippen molar-refractivity contribution in [3.8, 4) is 0 Å². The third kappa shape index (κ3) is 2.28. The monoisotopic (exact) mass is 283 g/mol. The van der Waals surface area contributed by atoms with Crippen molar-refractivity contribution >= 4 is 27.9 Å². The zero-order chi connectivity index (χ0) is 11.5. The summed E-state index contributed by atoms with van der Waals surface area (Å²) in [5.41, 5.74) is 1.68. The van der Waals surface area contributed by atoms with E-state index in [9.17, 15) is 4.79 Å². The summed E-state index contributed by atoms with van der Waals surface area (Å²) < 4.78 is 6.35. The van der Waals surface area contributed by atoms with E-state index in [1.54, 1.807) is 0 Å². The molecule has 1 aliphatic rings. The molecule has 1 unspecified atom stereocenters. The van der Waals surface area contributed by atoms with Gasteiger partial charge < -0.3 is 9.64 Å². The highest BCUT2D eigenvalue weighted by Gasteiger charge is 2.22. The van der Waals surface area contributed by atoms with Gasteiger partial charge in [0.15, 0.2) is 6.29 Å². The van der Waals surface area contributed by atoms with Crippen molar-refractivity contribution in [3.05, 3.63) is 28.2 Å². The number of anilines is 1. The highest BCUT2D eigenvalue weighted by Crippen LogP contribution is 2.26. The lowest BCUT2D eigenvalue weighted by Crippen LogP contribution is -2.32. The van der Waals surface area contributed by atoms with Crippen LogP contribution in [0.3, 0.4) is 0 Å². The van der Waals surface area contributed by atoms with E-state index in [2.05, 4.69) is 20.8 Å². The molecular weight excluding hydrogens is 270 g/mol. The third-order valence-corrected chi connectivity index (χ3v) is 3.45. The van der Waals surface area contributed by atoms with Crippen molar-refractivity contribution in [3.63, 3.8) is 0 Å². The van der Waals surface area contributed by atoms with Crippen LogP contribution in [0.25, 0.3) is 0 Å². The van der Waals surface area contributed by atoms with Gasteiger partial charge in [0.25, 0.3) is 0 Å². The Balaban J connectivity index is 2.29. The van der Waals surface area contributed by atoms with Crippen LogP contribution in [0, 0.1) is 0 Å². The number of hydrogen-bond donors (Lipinski definition) is 0. The van der Waals surface area contributed by atoms with Crippen LogP contribution >= 0.6 is 15.9 Å². The summed E-state index contributed by atoms with van der Waals surface area (Å²) in [4.78, 5) is 13.1. The number of halogens is 1. The Labute approximate surface area is 104 Å². The summed E-state index contributed by atoms with van der Waals surface area (Å²) >= 11 is 3.43. The summed E-state index contributed by atoms with van der Waals surface area (Å²) in [6.07, 6.45) is 1.91. The molecule has 1 saturated heterocycles. The van der Waals surface area contributed by atoms with Gasteiger partial charge in [-0.05, 0) is 24.6 Å². The predicted octanol–water partition coefficient (Wildman–Crippen LogP) is 2.49. The number of likely N-dealkylation sites (N-methyl/N-ethyl adjacent to an activating group) is 1. The van der Waals surface area contributed by atoms with Crippen LogP contribution in [0.5, 0.6) is 0 Å². The fourth-order valence-electron chi connectivity index (χ4n) is 1.95. The number of rotatable bonds is 3. The van der Waals surface area contributed by atoms with E-state index >= 15 is 0 Å². The molecule has 16 heavy (non-hydrogen) atoms. The molecule has 0 amide bonds. The highest BCUT2D eigenvalue weighted by molar-refractivity contribution is 9.10. The van der Waals surface area contributed by atoms with E-state index in [-0.39, 0.29) is 0 Å². The number of carbonyl (C=O) groups is 1. The molecule has 0 aliphatic carbocycles. The molecule has 1 fully saturated rings. The van der Waals surface area contributed by atoms with Gasteiger partial charge in [-0.3, -0.25) is 4.79 Å². The molecule has 86 valence electrons. The minimum Gasteiger partial charge on any atom is -0.379 e. The van der Waals surface area contributed by atoms with E-state index in [4.69, 9.17) is 4.74 Å². The molecule has 1 aromatic carbocycles. The first-order valence-electron chi connectivity index (χ1n) is 5.27. The Hall–Kier alpha value is -0.870. The van der Waals surface area contributed by atoms with E-state index in [0.29, 0.717) is 6.04 Å². The zero-order valence-corrected chi connectivity index (χ0v) is 10.7. The second-order valence-corrected chi connectivity index (χ2v) is 4.86. The fourth-order valence-corrected chi connectivity index (χ4v) is 2.30. The van der Waals surface area contributed by atoms with Gasteiger partial charge in [-0.2, -0.15) is 0 Å². The average Bonchev–Trinajstić information content (AvgIpc) is 2.81. The molecule has 1 aromatic rings. The van der Waals surface area contributed by atoms with Gasteiger partial charge in [0, 0.05) is 29.4 Å². The van der Waals surface area contributed by atoms with Crippen LogP contribution in [-0.2, 0) is 4.74 Å². The number of nitrogens with zero attached hydrogens (tertiary/aromatic N) is 1. The fraction of sp³-hybridized carbons (Fsp3) is 0.417. The van der Waals surface area contributed by atoms with Crippen molar-refractivity contribution < 1.29 is 9.53 Å². The summed E-state index contributed by atoms with van der Waals surface area (Å²) in [6.45, 7) is 1.54. The van der Waals surface area contributed by atoms with Crippen LogP contribution in [0.15, 0.2) is 22.7 Å². The standard InChI is InChI=1S/C12H14BrNO2/c1-14(11-4-5-16-8-11)12-6-10(13)3-2-9(12)7-15/h2-3,6-7,11H,4-5,8H2,1H3. The van der Waals surface area contributed by atoms with Gasteiger partial charge >= 0.3 is 0 Å². The van der Waals surface area contributed by atoms with Crippen molar-refractivity contribution in [1.29, 1.82) is 0 Å². The quantitative estimate of drug-likeness (QED) is 0.799. The van der Waals surface area contributed by atoms with Crippen molar-refractivity contribution in [2.75, 3.05) is 25.2 Å². The number of benzene rings is 1. The number of carbonyl (C=O) groups excluding carboxylic acids is 1. The Kier molecular flexibility index (Phi) is 3.61. The van der Waals surface area contributed by atoms with Crippen LogP contribution < -0.4 is 4.90 Å². The van der Waals surface area contributed by atoms with Gasteiger partial charge in [-0.15, -0.1) is 0 Å². The molecule has 1 atom stereocenters. The molecule has 3 nitrogen and oxygen atoms in total. The first-order chi connectivity index (χ1) is 7.72. The van der Waals surface area contributed by atoms with E-state index in [1.807, 2.05) is 25.2 Å². The third-order valence-electron chi connectivity index (χ3n) is 2.95. The first kappa shape index (κ1) is 11.6. The van der Waals surface area contributed by atoms with Gasteiger partial charge in [0.1, 0.15) is 0 Å². The average molecular weight is 284 g/mol. The van der Waals surface area contributed by atoms with Crippen LogP contribution in [-0.4, -0.2) is 32.6 Å². The van der Waals surface area contributed by atoms with Gasteiger partial charge in [0.2, 0.25) is 0 Å². The maximum absolute atomic E-state index is 11.0. The SMILES string of the molecule is CN(c1cc(Br)ccc1C=O)C1CCOC1. The Bertz CT molecular complexity index is 389. The highest BCUT2D eigenvalue weighted by atomic mass is 79.9. The molecule has 0 saturated carbocycles. The van der Waals surface area contributed by atoms with E-state index < -0.39 is 0 Å². The summed E-state index contributed by atoms with van der Waals surface area (Å²) in [5, 5.41) is 0. The molecule has 1 heterocycles. The zero-order valence-electron chi connectivity index (χ0n) is 9.15. The summed E-state index contributed by atoms with van der Waals surface area (Å²) in [7, 11) is 2.01. The molecule has 1 aliphatic heterocycles. The molecule has 0 spiro atoms. The molecular formula is C12H14BrNO2. The Morgan fingerprint density at radius 2 is 2.38 bits per heavy atom. The lowest BCUT2D eigenvalue weighted by atomic mass is 10.1. The second kappa shape index (κ2) is 4.97. The van der Waals surface area contributed by atoms with E-state index in [0.717, 1.165) is 41.6 Å². The smallest absolute Gasteiger partial charge is 0.152 e. The van der Waals surface area contributed by atoms with E-state index in [1.165, 1.54) is 0 Å². The Morgan fingerprint density at radius 3 is 3.00 bits per heavy atom. The molecule has 0 bridgehead atoms. The number of aldehydes is 1. The minimum atomic E-state index is 0.369. The topological polar surface area (TPSA) is 29.5 Å². The molecule has 0 N–H and O–H groups in total. The van der Waals surface area contributed by atoms with Crippen LogP contribution in [0.1, 0.15) is 16.8 Å². The maximum atomic E-state index is 11.0. The summed E-state index contributed by atoms with van der Waals surface area (Å²) in [6, 6.07) is 6.06. The number of ether oxygens (including phenoxy) is 1. The minimum absolute atomic E-state index is 0.369. The van der Waals surface area contributed by atoms with Crippen LogP contribution in [0.2, 0.25) is 0 Å². The van der Waals surface area contributed by atoms with Crippen molar-refractivity contribution in [2.45, 2.75) is 12.5 Å². The van der Waals surface area contributed by atoms with Gasteiger partial charge in [-0.25, -0.2) is 0 Å².